The number of nitrogens with one attached hydrogen (secondary N) is 2. The van der Waals surface area contributed by atoms with E-state index < -0.39 is 0 Å². The van der Waals surface area contributed by atoms with Crippen molar-refractivity contribution in [3.63, 3.8) is 0 Å². The van der Waals surface area contributed by atoms with Crippen molar-refractivity contribution >= 4 is 52.9 Å². The second-order valence-electron chi connectivity index (χ2n) is 4.91. The number of hydrogen-bond acceptors (Lipinski definition) is 4. The number of aromatic nitrogens is 1. The molecule has 0 atom stereocenters. The van der Waals surface area contributed by atoms with Gasteiger partial charge in [0.25, 0.3) is 0 Å². The first-order valence-corrected chi connectivity index (χ1v) is 8.53. The van der Waals surface area contributed by atoms with Crippen LogP contribution in [0.4, 0.5) is 0 Å². The van der Waals surface area contributed by atoms with Gasteiger partial charge < -0.3 is 15.4 Å². The Balaban J connectivity index is 0.00000288. The van der Waals surface area contributed by atoms with Crippen LogP contribution in [0.3, 0.4) is 0 Å². The molecule has 0 spiro atoms. The summed E-state index contributed by atoms with van der Waals surface area (Å²) in [6.07, 6.45) is 0. The molecule has 1 aromatic carbocycles. The molecule has 1 heterocycles. The number of guanidine groups is 1. The molecule has 0 saturated heterocycles. The van der Waals surface area contributed by atoms with Gasteiger partial charge in [0.1, 0.15) is 17.4 Å². The standard InChI is InChI=1S/C16H21ClN4OS.HI/c1-11-12(2)23-15(21-11)10-20-16(18-3)19-7-8-22-14-6-4-5-13(17)9-14;/h4-6,9H,7-8,10H2,1-3H3,(H2,18,19,20);1H. The molecule has 2 rings (SSSR count). The van der Waals surface area contributed by atoms with Crippen molar-refractivity contribution in [2.24, 2.45) is 4.99 Å². The van der Waals surface area contributed by atoms with E-state index in [1.807, 2.05) is 25.1 Å². The van der Waals surface area contributed by atoms with Gasteiger partial charge in [-0.05, 0) is 32.0 Å². The van der Waals surface area contributed by atoms with Crippen LogP contribution in [0.2, 0.25) is 5.02 Å². The van der Waals surface area contributed by atoms with E-state index in [4.69, 9.17) is 16.3 Å². The molecule has 8 heteroatoms. The van der Waals surface area contributed by atoms with Crippen molar-refractivity contribution < 1.29 is 4.74 Å². The minimum absolute atomic E-state index is 0. The number of aliphatic imine (C=N–C) groups is 1. The van der Waals surface area contributed by atoms with E-state index in [0.717, 1.165) is 22.4 Å². The zero-order valence-electron chi connectivity index (χ0n) is 13.9. The molecule has 0 aliphatic carbocycles. The van der Waals surface area contributed by atoms with Crippen LogP contribution in [-0.4, -0.2) is 31.1 Å². The topological polar surface area (TPSA) is 58.5 Å². The maximum Gasteiger partial charge on any atom is 0.191 e. The minimum Gasteiger partial charge on any atom is -0.492 e. The van der Waals surface area contributed by atoms with Crippen LogP contribution < -0.4 is 15.4 Å². The summed E-state index contributed by atoms with van der Waals surface area (Å²) >= 11 is 7.61. The molecule has 0 aliphatic rings. The molecule has 1 aromatic heterocycles. The average molecular weight is 481 g/mol. The average Bonchev–Trinajstić information content (AvgIpc) is 2.85. The van der Waals surface area contributed by atoms with E-state index in [2.05, 4.69) is 27.5 Å². The van der Waals surface area contributed by atoms with Gasteiger partial charge in [-0.15, -0.1) is 35.3 Å². The van der Waals surface area contributed by atoms with Crippen LogP contribution in [0.5, 0.6) is 5.75 Å². The predicted octanol–water partition coefficient (Wildman–Crippen LogP) is 3.78. The van der Waals surface area contributed by atoms with E-state index in [0.29, 0.717) is 24.7 Å². The maximum atomic E-state index is 5.91. The lowest BCUT2D eigenvalue weighted by Crippen LogP contribution is -2.38. The summed E-state index contributed by atoms with van der Waals surface area (Å²) in [5, 5.41) is 8.17. The molecule has 132 valence electrons. The number of halogens is 2. The third-order valence-corrected chi connectivity index (χ3v) is 4.47. The predicted molar refractivity (Wildman–Crippen MR) is 112 cm³/mol. The SMILES string of the molecule is CN=C(NCCOc1cccc(Cl)c1)NCc1nc(C)c(C)s1.I. The van der Waals surface area contributed by atoms with Crippen molar-refractivity contribution in [1.29, 1.82) is 0 Å². The number of benzene rings is 1. The Morgan fingerprint density at radius 3 is 2.75 bits per heavy atom. The van der Waals surface area contributed by atoms with Gasteiger partial charge in [-0.25, -0.2) is 4.98 Å². The lowest BCUT2D eigenvalue weighted by atomic mass is 10.3. The lowest BCUT2D eigenvalue weighted by Gasteiger charge is -2.11. The van der Waals surface area contributed by atoms with Crippen molar-refractivity contribution in [3.05, 3.63) is 44.9 Å². The van der Waals surface area contributed by atoms with Crippen LogP contribution in [-0.2, 0) is 6.54 Å². The van der Waals surface area contributed by atoms with Gasteiger partial charge in [0, 0.05) is 16.9 Å². The van der Waals surface area contributed by atoms with Gasteiger partial charge in [-0.3, -0.25) is 4.99 Å². The highest BCUT2D eigenvalue weighted by molar-refractivity contribution is 14.0. The first-order chi connectivity index (χ1) is 11.1. The summed E-state index contributed by atoms with van der Waals surface area (Å²) in [6.45, 7) is 5.93. The summed E-state index contributed by atoms with van der Waals surface area (Å²) in [6, 6.07) is 7.36. The van der Waals surface area contributed by atoms with Gasteiger partial charge in [0.05, 0.1) is 18.8 Å². The van der Waals surface area contributed by atoms with Crippen LogP contribution in [0.1, 0.15) is 15.6 Å². The summed E-state index contributed by atoms with van der Waals surface area (Å²) in [5.74, 6) is 1.49. The fourth-order valence-electron chi connectivity index (χ4n) is 1.89. The van der Waals surface area contributed by atoms with Crippen molar-refractivity contribution in [2.45, 2.75) is 20.4 Å². The quantitative estimate of drug-likeness (QED) is 0.286. The second-order valence-corrected chi connectivity index (χ2v) is 6.63. The molecule has 0 aliphatic heterocycles. The summed E-state index contributed by atoms with van der Waals surface area (Å²) < 4.78 is 5.62. The Bertz CT molecular complexity index is 658. The molecule has 0 saturated carbocycles. The van der Waals surface area contributed by atoms with Gasteiger partial charge in [0.15, 0.2) is 5.96 Å². The number of rotatable bonds is 6. The molecular weight excluding hydrogens is 459 g/mol. The molecule has 24 heavy (non-hydrogen) atoms. The highest BCUT2D eigenvalue weighted by Gasteiger charge is 2.04. The molecule has 0 radical (unpaired) electrons. The smallest absolute Gasteiger partial charge is 0.191 e. The Hall–Kier alpha value is -1.06. The van der Waals surface area contributed by atoms with E-state index in [1.165, 1.54) is 4.88 Å². The number of nitrogens with zero attached hydrogens (tertiary/aromatic N) is 2. The highest BCUT2D eigenvalue weighted by Crippen LogP contribution is 2.17. The van der Waals surface area contributed by atoms with Gasteiger partial charge in [-0.2, -0.15) is 0 Å². The van der Waals surface area contributed by atoms with Gasteiger partial charge >= 0.3 is 0 Å². The Morgan fingerprint density at radius 1 is 1.33 bits per heavy atom. The maximum absolute atomic E-state index is 5.91. The third-order valence-electron chi connectivity index (χ3n) is 3.16. The first kappa shape index (κ1) is 21.0. The zero-order valence-corrected chi connectivity index (χ0v) is 17.8. The summed E-state index contributed by atoms with van der Waals surface area (Å²) in [4.78, 5) is 9.93. The fraction of sp³-hybridized carbons (Fsp3) is 0.375. The Kier molecular flexibility index (Phi) is 9.38. The van der Waals surface area contributed by atoms with Crippen LogP contribution >= 0.6 is 46.9 Å². The first-order valence-electron chi connectivity index (χ1n) is 7.34. The summed E-state index contributed by atoms with van der Waals surface area (Å²) in [7, 11) is 1.74. The number of ether oxygens (including phenoxy) is 1. The van der Waals surface area contributed by atoms with Crippen molar-refractivity contribution in [1.82, 2.24) is 15.6 Å². The largest absolute Gasteiger partial charge is 0.492 e. The molecule has 2 aromatic rings. The molecular formula is C16H22ClIN4OS. The van der Waals surface area contributed by atoms with E-state index in [-0.39, 0.29) is 24.0 Å². The van der Waals surface area contributed by atoms with Crippen LogP contribution in [0, 0.1) is 13.8 Å². The summed E-state index contributed by atoms with van der Waals surface area (Å²) in [5.41, 5.74) is 1.09. The molecule has 0 bridgehead atoms. The molecule has 0 amide bonds. The number of thiazole rings is 1. The monoisotopic (exact) mass is 480 g/mol. The highest BCUT2D eigenvalue weighted by atomic mass is 127. The van der Waals surface area contributed by atoms with Crippen LogP contribution in [0.25, 0.3) is 0 Å². The lowest BCUT2D eigenvalue weighted by molar-refractivity contribution is 0.322. The molecule has 0 fully saturated rings. The minimum atomic E-state index is 0. The van der Waals surface area contributed by atoms with Gasteiger partial charge in [0.2, 0.25) is 0 Å². The van der Waals surface area contributed by atoms with Crippen molar-refractivity contribution in [3.8, 4) is 5.75 Å². The number of hydrogen-bond donors (Lipinski definition) is 2. The second kappa shape index (κ2) is 10.7. The van der Waals surface area contributed by atoms with Crippen LogP contribution in [0.15, 0.2) is 29.3 Å². The molecule has 5 nitrogen and oxygen atoms in total. The van der Waals surface area contributed by atoms with E-state index in [9.17, 15) is 0 Å². The fourth-order valence-corrected chi connectivity index (χ4v) is 2.94. The van der Waals surface area contributed by atoms with Gasteiger partial charge in [-0.1, -0.05) is 17.7 Å². The molecule has 2 N–H and O–H groups in total. The molecule has 0 unspecified atom stereocenters. The third kappa shape index (κ3) is 6.82. The Morgan fingerprint density at radius 2 is 2.12 bits per heavy atom. The van der Waals surface area contributed by atoms with E-state index >= 15 is 0 Å². The van der Waals surface area contributed by atoms with E-state index in [1.54, 1.807) is 24.5 Å². The Labute approximate surface area is 168 Å². The zero-order chi connectivity index (χ0) is 16.7. The normalized spacial score (nSPS) is 10.9. The van der Waals surface area contributed by atoms with Crippen molar-refractivity contribution in [2.75, 3.05) is 20.2 Å². The number of aryl methyl sites for hydroxylation is 2.